The molecule has 4 aromatic rings. The molecule has 41 heavy (non-hydrogen) atoms. The highest BCUT2D eigenvalue weighted by atomic mass is 16.5. The van der Waals surface area contributed by atoms with Crippen molar-refractivity contribution >= 4 is 23.3 Å². The minimum atomic E-state index is 0.629. The fourth-order valence-electron chi connectivity index (χ4n) is 6.03. The van der Waals surface area contributed by atoms with Crippen LogP contribution in [0.15, 0.2) is 72.4 Å². The summed E-state index contributed by atoms with van der Waals surface area (Å²) in [6.45, 7) is 4.60. The number of fused-ring (bicyclic) bond motifs is 3. The number of pyridine rings is 1. The molecule has 2 saturated heterocycles. The van der Waals surface area contributed by atoms with E-state index in [1.807, 2.05) is 47.1 Å². The number of piperazine rings is 1. The van der Waals surface area contributed by atoms with Crippen LogP contribution >= 0.6 is 0 Å². The van der Waals surface area contributed by atoms with Crippen LogP contribution in [0.3, 0.4) is 0 Å². The Kier molecular flexibility index (Phi) is 7.93. The maximum atomic E-state index is 6.16. The Hall–Kier alpha value is -4.28. The zero-order chi connectivity index (χ0) is 28.2. The van der Waals surface area contributed by atoms with Crippen LogP contribution in [0.4, 0.5) is 5.82 Å². The Morgan fingerprint density at radius 3 is 2.66 bits per heavy atom. The van der Waals surface area contributed by atoms with Crippen LogP contribution < -0.4 is 15.8 Å². The van der Waals surface area contributed by atoms with E-state index in [4.69, 9.17) is 10.5 Å². The predicted octanol–water partition coefficient (Wildman–Crippen LogP) is 3.56. The van der Waals surface area contributed by atoms with Crippen molar-refractivity contribution in [3.8, 4) is 17.1 Å². The molecule has 0 aliphatic carbocycles. The Labute approximate surface area is 240 Å². The summed E-state index contributed by atoms with van der Waals surface area (Å²) in [6.07, 6.45) is 11.3. The average molecular weight is 552 g/mol. The summed E-state index contributed by atoms with van der Waals surface area (Å²) in [4.78, 5) is 22.7. The molecule has 0 spiro atoms. The zero-order valence-corrected chi connectivity index (χ0v) is 23.6. The molecule has 0 saturated carbocycles. The Balaban J connectivity index is 1.07. The fourth-order valence-corrected chi connectivity index (χ4v) is 6.03. The van der Waals surface area contributed by atoms with Crippen LogP contribution in [0.2, 0.25) is 0 Å². The van der Waals surface area contributed by atoms with Crippen LogP contribution in [0.25, 0.3) is 22.6 Å². The largest absolute Gasteiger partial charge is 0.492 e. The van der Waals surface area contributed by atoms with Gasteiger partial charge >= 0.3 is 0 Å². The second-order valence-corrected chi connectivity index (χ2v) is 10.8. The minimum absolute atomic E-state index is 0.629. The Bertz CT molecular complexity index is 1530. The minimum Gasteiger partial charge on any atom is -0.492 e. The molecule has 0 radical (unpaired) electrons. The number of allylic oxidation sites excluding steroid dienone is 1. The molecular weight excluding hydrogens is 514 g/mol. The highest BCUT2D eigenvalue weighted by Gasteiger charge is 2.38. The van der Waals surface area contributed by atoms with Gasteiger partial charge in [0.05, 0.1) is 17.6 Å². The third-order valence-corrected chi connectivity index (χ3v) is 8.06. The maximum absolute atomic E-state index is 6.16. The van der Waals surface area contributed by atoms with Gasteiger partial charge in [0.1, 0.15) is 30.1 Å². The van der Waals surface area contributed by atoms with Crippen molar-refractivity contribution in [2.24, 2.45) is 10.7 Å². The highest BCUT2D eigenvalue weighted by molar-refractivity contribution is 6.09. The molecule has 6 rings (SSSR count). The van der Waals surface area contributed by atoms with Gasteiger partial charge in [0, 0.05) is 81.6 Å². The average Bonchev–Trinajstić information content (AvgIpc) is 3.52. The van der Waals surface area contributed by atoms with E-state index in [2.05, 4.69) is 54.2 Å². The quantitative estimate of drug-likeness (QED) is 0.288. The van der Waals surface area contributed by atoms with Gasteiger partial charge in [-0.05, 0) is 37.1 Å². The molecule has 2 aliphatic heterocycles. The number of benzene rings is 1. The van der Waals surface area contributed by atoms with Crippen molar-refractivity contribution in [1.82, 2.24) is 29.2 Å². The number of likely N-dealkylation sites (tertiary alicyclic amines) is 1. The topological polar surface area (TPSA) is 109 Å². The molecule has 2 unspecified atom stereocenters. The summed E-state index contributed by atoms with van der Waals surface area (Å²) in [6, 6.07) is 15.5. The first-order valence-corrected chi connectivity index (χ1v) is 14.1. The second kappa shape index (κ2) is 12.1. The first kappa shape index (κ1) is 26.9. The van der Waals surface area contributed by atoms with Crippen molar-refractivity contribution in [2.45, 2.75) is 31.5 Å². The lowest BCUT2D eigenvalue weighted by molar-refractivity contribution is 0.0695. The van der Waals surface area contributed by atoms with E-state index in [1.54, 1.807) is 25.8 Å². The number of aromatic nitrogens is 4. The molecule has 1 aromatic carbocycles. The van der Waals surface area contributed by atoms with E-state index < -0.39 is 0 Å². The molecule has 2 fully saturated rings. The lowest BCUT2D eigenvalue weighted by Gasteiger charge is -2.39. The first-order chi connectivity index (χ1) is 20.1. The first-order valence-electron chi connectivity index (χ1n) is 14.1. The number of hydrogen-bond acceptors (Lipinski definition) is 9. The molecular formula is C31H37N9O. The van der Waals surface area contributed by atoms with Gasteiger partial charge in [0.2, 0.25) is 0 Å². The van der Waals surface area contributed by atoms with Gasteiger partial charge in [-0.2, -0.15) is 0 Å². The molecule has 3 N–H and O–H groups in total. The number of rotatable bonds is 10. The predicted molar refractivity (Wildman–Crippen MR) is 163 cm³/mol. The van der Waals surface area contributed by atoms with Gasteiger partial charge in [-0.1, -0.05) is 24.3 Å². The van der Waals surface area contributed by atoms with Crippen LogP contribution in [0.1, 0.15) is 24.0 Å². The Morgan fingerprint density at radius 1 is 1.10 bits per heavy atom. The smallest absolute Gasteiger partial charge is 0.140 e. The summed E-state index contributed by atoms with van der Waals surface area (Å²) in [5.41, 5.74) is 11.3. The van der Waals surface area contributed by atoms with Crippen LogP contribution in [-0.2, 0) is 6.54 Å². The molecule has 2 aliphatic rings. The van der Waals surface area contributed by atoms with Gasteiger partial charge in [-0.15, -0.1) is 0 Å². The number of likely N-dealkylation sites (N-methyl/N-ethyl adjacent to an activating group) is 1. The van der Waals surface area contributed by atoms with Crippen LogP contribution in [-0.4, -0.2) is 87.8 Å². The molecule has 3 aromatic heterocycles. The van der Waals surface area contributed by atoms with E-state index in [1.165, 1.54) is 12.8 Å². The molecule has 212 valence electrons. The van der Waals surface area contributed by atoms with Crippen molar-refractivity contribution in [3.63, 3.8) is 0 Å². The van der Waals surface area contributed by atoms with Crippen molar-refractivity contribution in [1.29, 1.82) is 0 Å². The fraction of sp³-hybridized carbons (Fsp3) is 0.355. The SMILES string of the molecule is CN=CC(=CN)c1ccc(CNc2cc(-c3cnc4cc(OCCN5C6CCC5CN(C)C6)ccn34)ncn2)cc1. The lowest BCUT2D eigenvalue weighted by Crippen LogP contribution is -2.53. The monoisotopic (exact) mass is 551 g/mol. The van der Waals surface area contributed by atoms with E-state index in [9.17, 15) is 0 Å². The summed E-state index contributed by atoms with van der Waals surface area (Å²) >= 11 is 0. The summed E-state index contributed by atoms with van der Waals surface area (Å²) in [7, 11) is 3.96. The molecule has 10 heteroatoms. The van der Waals surface area contributed by atoms with Crippen molar-refractivity contribution < 1.29 is 4.74 Å². The highest BCUT2D eigenvalue weighted by Crippen LogP contribution is 2.29. The number of imidazole rings is 1. The van der Waals surface area contributed by atoms with Crippen LogP contribution in [0.5, 0.6) is 5.75 Å². The Morgan fingerprint density at radius 2 is 1.90 bits per heavy atom. The molecule has 10 nitrogen and oxygen atoms in total. The number of nitrogens with two attached hydrogens (primary N) is 1. The second-order valence-electron chi connectivity index (χ2n) is 10.8. The summed E-state index contributed by atoms with van der Waals surface area (Å²) in [5.74, 6) is 1.58. The molecule has 2 atom stereocenters. The van der Waals surface area contributed by atoms with Crippen LogP contribution in [0, 0.1) is 0 Å². The zero-order valence-electron chi connectivity index (χ0n) is 23.6. The van der Waals surface area contributed by atoms with E-state index in [0.29, 0.717) is 25.2 Å². The number of aliphatic imine (C=N–C) groups is 1. The standard InChI is InChI=1S/C31H37N9O/c1-33-17-24(15-32)23-5-3-22(4-6-23)16-34-30-14-28(36-21-37-30)29-18-35-31-13-27(9-10-40(29)31)41-12-11-39-25-7-8-26(39)20-38(2)19-25/h3-6,9-10,13-15,17-18,21,25-26H,7-8,11-12,16,19-20,32H2,1-2H3,(H,34,36,37). The van der Waals surface area contributed by atoms with E-state index >= 15 is 0 Å². The third kappa shape index (κ3) is 5.94. The van der Waals surface area contributed by atoms with Gasteiger partial charge in [-0.3, -0.25) is 14.3 Å². The number of nitrogens with zero attached hydrogens (tertiary/aromatic N) is 7. The third-order valence-electron chi connectivity index (χ3n) is 8.06. The van der Waals surface area contributed by atoms with Crippen molar-refractivity contribution in [3.05, 3.63) is 78.5 Å². The van der Waals surface area contributed by atoms with Gasteiger partial charge in [0.15, 0.2) is 0 Å². The number of ether oxygens (including phenoxy) is 1. The number of anilines is 1. The molecule has 0 amide bonds. The lowest BCUT2D eigenvalue weighted by atomic mass is 10.1. The van der Waals surface area contributed by atoms with E-state index in [0.717, 1.165) is 64.9 Å². The number of nitrogens with one attached hydrogen (secondary N) is 1. The van der Waals surface area contributed by atoms with Gasteiger partial charge in [-0.25, -0.2) is 15.0 Å². The van der Waals surface area contributed by atoms with Gasteiger partial charge < -0.3 is 20.7 Å². The summed E-state index contributed by atoms with van der Waals surface area (Å²) < 4.78 is 8.18. The maximum Gasteiger partial charge on any atom is 0.140 e. The molecule has 5 heterocycles. The van der Waals surface area contributed by atoms with Gasteiger partial charge in [0.25, 0.3) is 0 Å². The normalized spacial score (nSPS) is 19.8. The van der Waals surface area contributed by atoms with Crippen molar-refractivity contribution in [2.75, 3.05) is 45.7 Å². The summed E-state index contributed by atoms with van der Waals surface area (Å²) in [5, 5.41) is 3.40. The number of hydrogen-bond donors (Lipinski definition) is 2. The molecule has 2 bridgehead atoms. The van der Waals surface area contributed by atoms with E-state index in [-0.39, 0.29) is 0 Å².